The first-order valence-electron chi connectivity index (χ1n) is 8.96. The number of nitriles is 1. The maximum absolute atomic E-state index is 13.1. The van der Waals surface area contributed by atoms with Crippen molar-refractivity contribution in [3.8, 4) is 17.2 Å². The number of anilines is 2. The van der Waals surface area contributed by atoms with Gasteiger partial charge in [-0.3, -0.25) is 0 Å². The highest BCUT2D eigenvalue weighted by Gasteiger charge is 2.22. The predicted octanol–water partition coefficient (Wildman–Crippen LogP) is 4.09. The van der Waals surface area contributed by atoms with E-state index in [9.17, 15) is 9.65 Å². The van der Waals surface area contributed by atoms with E-state index in [0.29, 0.717) is 5.56 Å². The van der Waals surface area contributed by atoms with Crippen LogP contribution in [0.1, 0.15) is 5.56 Å². The Labute approximate surface area is 158 Å². The fraction of sp³-hybridized carbons (Fsp3) is 0.182. The van der Waals surface area contributed by atoms with Gasteiger partial charge in [0.15, 0.2) is 0 Å². The van der Waals surface area contributed by atoms with Crippen LogP contribution in [-0.2, 0) is 0 Å². The average molecular weight is 358 g/mol. The number of aromatic nitrogens is 1. The molecule has 0 unspecified atom stereocenters. The summed E-state index contributed by atoms with van der Waals surface area (Å²) in [6.45, 7) is 3.12. The van der Waals surface area contributed by atoms with Gasteiger partial charge in [0.05, 0.1) is 0 Å². The van der Waals surface area contributed by atoms with Crippen molar-refractivity contribution in [2.75, 3.05) is 36.0 Å². The van der Waals surface area contributed by atoms with E-state index in [2.05, 4.69) is 20.9 Å². The van der Waals surface area contributed by atoms with Crippen LogP contribution in [0.4, 0.5) is 15.9 Å². The topological polar surface area (TPSA) is 43.2 Å². The molecule has 0 atom stereocenters. The summed E-state index contributed by atoms with van der Waals surface area (Å²) in [6, 6.07) is 20.7. The Hall–Kier alpha value is -3.39. The van der Waals surface area contributed by atoms with E-state index in [4.69, 9.17) is 0 Å². The molecule has 3 aromatic rings. The first-order valence-corrected chi connectivity index (χ1v) is 8.96. The highest BCUT2D eigenvalue weighted by Crippen LogP contribution is 2.30. The molecule has 0 saturated carbocycles. The van der Waals surface area contributed by atoms with Gasteiger partial charge < -0.3 is 9.80 Å². The highest BCUT2D eigenvalue weighted by molar-refractivity contribution is 5.76. The molecule has 1 aliphatic heterocycles. The third-order valence-electron chi connectivity index (χ3n) is 4.90. The Balaban J connectivity index is 1.57. The molecule has 1 saturated heterocycles. The lowest BCUT2D eigenvalue weighted by molar-refractivity contribution is 0.624. The van der Waals surface area contributed by atoms with E-state index in [1.807, 2.05) is 36.4 Å². The lowest BCUT2D eigenvalue weighted by atomic mass is 10.0. The molecule has 4 rings (SSSR count). The molecule has 5 heteroatoms. The van der Waals surface area contributed by atoms with Crippen molar-refractivity contribution in [2.45, 2.75) is 0 Å². The maximum Gasteiger partial charge on any atom is 0.147 e. The van der Waals surface area contributed by atoms with E-state index >= 15 is 0 Å². The van der Waals surface area contributed by atoms with E-state index in [1.54, 1.807) is 18.3 Å². The van der Waals surface area contributed by atoms with Gasteiger partial charge in [-0.2, -0.15) is 5.26 Å². The Morgan fingerprint density at radius 2 is 1.52 bits per heavy atom. The lowest BCUT2D eigenvalue weighted by Gasteiger charge is -2.37. The van der Waals surface area contributed by atoms with Gasteiger partial charge in [-0.1, -0.05) is 30.3 Å². The standard InChI is InChI=1S/C22H19FN4/c23-18-6-8-19(9-7-18)26-12-14-27(15-13-26)22-21(16-24)20(10-11-25-22)17-4-2-1-3-5-17/h1-11H,12-15H2. The number of halogens is 1. The highest BCUT2D eigenvalue weighted by atomic mass is 19.1. The number of nitrogens with zero attached hydrogens (tertiary/aromatic N) is 4. The van der Waals surface area contributed by atoms with Gasteiger partial charge in [0.1, 0.15) is 23.3 Å². The molecule has 0 N–H and O–H groups in total. The molecule has 27 heavy (non-hydrogen) atoms. The van der Waals surface area contributed by atoms with Gasteiger partial charge in [-0.15, -0.1) is 0 Å². The number of pyridine rings is 1. The lowest BCUT2D eigenvalue weighted by Crippen LogP contribution is -2.47. The summed E-state index contributed by atoms with van der Waals surface area (Å²) in [4.78, 5) is 8.89. The van der Waals surface area contributed by atoms with Gasteiger partial charge in [-0.25, -0.2) is 9.37 Å². The molecule has 2 aromatic carbocycles. The molecule has 0 amide bonds. The van der Waals surface area contributed by atoms with Crippen LogP contribution in [0.5, 0.6) is 0 Å². The van der Waals surface area contributed by atoms with Crippen LogP contribution < -0.4 is 9.80 Å². The quantitative estimate of drug-likeness (QED) is 0.707. The van der Waals surface area contributed by atoms with Crippen molar-refractivity contribution in [1.82, 2.24) is 4.98 Å². The molecular formula is C22H19FN4. The second-order valence-electron chi connectivity index (χ2n) is 6.49. The van der Waals surface area contributed by atoms with E-state index in [1.165, 1.54) is 12.1 Å². The molecule has 0 radical (unpaired) electrons. The van der Waals surface area contributed by atoms with Crippen molar-refractivity contribution < 1.29 is 4.39 Å². The zero-order valence-electron chi connectivity index (χ0n) is 14.8. The second-order valence-corrected chi connectivity index (χ2v) is 6.49. The third-order valence-corrected chi connectivity index (χ3v) is 4.90. The van der Waals surface area contributed by atoms with Gasteiger partial charge in [0, 0.05) is 43.6 Å². The number of hydrogen-bond donors (Lipinski definition) is 0. The van der Waals surface area contributed by atoms with Gasteiger partial charge >= 0.3 is 0 Å². The first-order chi connectivity index (χ1) is 13.3. The molecular weight excluding hydrogens is 339 g/mol. The summed E-state index contributed by atoms with van der Waals surface area (Å²) >= 11 is 0. The van der Waals surface area contributed by atoms with Crippen molar-refractivity contribution in [1.29, 1.82) is 5.26 Å². The van der Waals surface area contributed by atoms with E-state index in [0.717, 1.165) is 48.8 Å². The fourth-order valence-corrected chi connectivity index (χ4v) is 3.49. The molecule has 1 fully saturated rings. The second kappa shape index (κ2) is 7.46. The molecule has 1 aliphatic rings. The van der Waals surface area contributed by atoms with Crippen LogP contribution >= 0.6 is 0 Å². The van der Waals surface area contributed by atoms with Gasteiger partial charge in [-0.05, 0) is 35.9 Å². The molecule has 2 heterocycles. The Kier molecular flexibility index (Phi) is 4.71. The van der Waals surface area contributed by atoms with Crippen molar-refractivity contribution in [3.63, 3.8) is 0 Å². The number of hydrogen-bond acceptors (Lipinski definition) is 4. The van der Waals surface area contributed by atoms with Crippen LogP contribution in [0, 0.1) is 17.1 Å². The third kappa shape index (κ3) is 3.47. The Bertz CT molecular complexity index is 956. The molecule has 0 spiro atoms. The van der Waals surface area contributed by atoms with Crippen LogP contribution in [0.3, 0.4) is 0 Å². The zero-order valence-corrected chi connectivity index (χ0v) is 14.8. The van der Waals surface area contributed by atoms with Crippen LogP contribution in [0.25, 0.3) is 11.1 Å². The summed E-state index contributed by atoms with van der Waals surface area (Å²) in [5, 5.41) is 9.78. The van der Waals surface area contributed by atoms with Gasteiger partial charge in [0.2, 0.25) is 0 Å². The molecule has 4 nitrogen and oxygen atoms in total. The first kappa shape index (κ1) is 17.0. The minimum absolute atomic E-state index is 0.224. The summed E-state index contributed by atoms with van der Waals surface area (Å²) in [5.41, 5.74) is 3.55. The normalized spacial score (nSPS) is 14.1. The van der Waals surface area contributed by atoms with Crippen molar-refractivity contribution in [2.24, 2.45) is 0 Å². The van der Waals surface area contributed by atoms with E-state index in [-0.39, 0.29) is 5.82 Å². The zero-order chi connectivity index (χ0) is 18.6. The summed E-state index contributed by atoms with van der Waals surface area (Å²) < 4.78 is 13.1. The Morgan fingerprint density at radius 1 is 0.852 bits per heavy atom. The minimum atomic E-state index is -0.224. The smallest absolute Gasteiger partial charge is 0.147 e. The van der Waals surface area contributed by atoms with E-state index < -0.39 is 0 Å². The Morgan fingerprint density at radius 3 is 2.19 bits per heavy atom. The monoisotopic (exact) mass is 358 g/mol. The predicted molar refractivity (Wildman–Crippen MR) is 105 cm³/mol. The van der Waals surface area contributed by atoms with Crippen LogP contribution in [-0.4, -0.2) is 31.2 Å². The number of benzene rings is 2. The summed E-state index contributed by atoms with van der Waals surface area (Å²) in [5.74, 6) is 0.510. The van der Waals surface area contributed by atoms with Crippen molar-refractivity contribution >= 4 is 11.5 Å². The molecule has 1 aromatic heterocycles. The maximum atomic E-state index is 13.1. The fourth-order valence-electron chi connectivity index (χ4n) is 3.49. The summed E-state index contributed by atoms with van der Waals surface area (Å²) in [6.07, 6.45) is 1.77. The molecule has 134 valence electrons. The largest absolute Gasteiger partial charge is 0.368 e. The van der Waals surface area contributed by atoms with Crippen LogP contribution in [0.15, 0.2) is 66.9 Å². The number of piperazine rings is 1. The summed E-state index contributed by atoms with van der Waals surface area (Å²) in [7, 11) is 0. The molecule has 0 bridgehead atoms. The van der Waals surface area contributed by atoms with Gasteiger partial charge in [0.25, 0.3) is 0 Å². The number of rotatable bonds is 3. The SMILES string of the molecule is N#Cc1c(-c2ccccc2)ccnc1N1CCN(c2ccc(F)cc2)CC1. The van der Waals surface area contributed by atoms with Crippen molar-refractivity contribution in [3.05, 3.63) is 78.2 Å². The minimum Gasteiger partial charge on any atom is -0.368 e. The molecule has 0 aliphatic carbocycles. The van der Waals surface area contributed by atoms with Crippen LogP contribution in [0.2, 0.25) is 0 Å². The average Bonchev–Trinajstić information content (AvgIpc) is 2.74.